The third-order valence-corrected chi connectivity index (χ3v) is 2.88. The Morgan fingerprint density at radius 1 is 1.31 bits per heavy atom. The van der Waals surface area contributed by atoms with Crippen LogP contribution in [0.25, 0.3) is 10.8 Å². The monoisotopic (exact) mass is 216 g/mol. The number of aliphatic hydroxyl groups is 1. The van der Waals surface area contributed by atoms with Crippen molar-refractivity contribution in [3.63, 3.8) is 0 Å². The summed E-state index contributed by atoms with van der Waals surface area (Å²) in [6.45, 7) is 2.24. The highest BCUT2D eigenvalue weighted by atomic mass is 16.3. The summed E-state index contributed by atoms with van der Waals surface area (Å²) in [7, 11) is 0. The molecule has 1 atom stereocenters. The highest BCUT2D eigenvalue weighted by molar-refractivity contribution is 5.85. The van der Waals surface area contributed by atoms with Gasteiger partial charge in [0.2, 0.25) is 0 Å². The molecule has 84 valence electrons. The summed E-state index contributed by atoms with van der Waals surface area (Å²) in [5.74, 6) is 0. The van der Waals surface area contributed by atoms with E-state index < -0.39 is 5.60 Å². The Bertz CT molecular complexity index is 489. The maximum Gasteiger partial charge on any atom is 0.0901 e. The first-order valence-corrected chi connectivity index (χ1v) is 5.41. The van der Waals surface area contributed by atoms with Crippen LogP contribution in [0.2, 0.25) is 0 Å². The van der Waals surface area contributed by atoms with Gasteiger partial charge in [0.15, 0.2) is 0 Å². The molecular weight excluding hydrogens is 200 g/mol. The first-order chi connectivity index (χ1) is 7.65. The van der Waals surface area contributed by atoms with Gasteiger partial charge in [0, 0.05) is 23.3 Å². The molecule has 1 heterocycles. The summed E-state index contributed by atoms with van der Waals surface area (Å²) in [6.07, 6.45) is 4.05. The Morgan fingerprint density at radius 2 is 2.06 bits per heavy atom. The van der Waals surface area contributed by atoms with Crippen molar-refractivity contribution in [3.05, 3.63) is 42.2 Å². The number of pyridine rings is 1. The maximum absolute atomic E-state index is 10.4. The van der Waals surface area contributed by atoms with Gasteiger partial charge >= 0.3 is 0 Å². The minimum atomic E-state index is -0.914. The van der Waals surface area contributed by atoms with E-state index in [-0.39, 0.29) is 0 Å². The van der Waals surface area contributed by atoms with Crippen LogP contribution in [-0.2, 0) is 5.60 Å². The predicted octanol–water partition coefficient (Wildman–Crippen LogP) is 1.79. The molecule has 0 fully saturated rings. The van der Waals surface area contributed by atoms with E-state index in [1.807, 2.05) is 24.3 Å². The fourth-order valence-electron chi connectivity index (χ4n) is 1.96. The van der Waals surface area contributed by atoms with Crippen LogP contribution < -0.4 is 5.73 Å². The van der Waals surface area contributed by atoms with Crippen molar-refractivity contribution in [2.24, 2.45) is 5.73 Å². The summed E-state index contributed by atoms with van der Waals surface area (Å²) < 4.78 is 0. The first kappa shape index (κ1) is 11.0. The van der Waals surface area contributed by atoms with Gasteiger partial charge in [-0.1, -0.05) is 24.3 Å². The molecule has 16 heavy (non-hydrogen) atoms. The fraction of sp³-hybridized carbons (Fsp3) is 0.308. The Labute approximate surface area is 94.9 Å². The molecule has 0 aliphatic carbocycles. The molecule has 0 aliphatic rings. The smallest absolute Gasteiger partial charge is 0.0901 e. The molecule has 0 saturated carbocycles. The van der Waals surface area contributed by atoms with Gasteiger partial charge in [0.1, 0.15) is 0 Å². The van der Waals surface area contributed by atoms with E-state index in [9.17, 15) is 5.11 Å². The molecule has 2 aromatic rings. The third-order valence-electron chi connectivity index (χ3n) is 2.88. The molecule has 0 aliphatic heterocycles. The number of nitrogens with zero attached hydrogens (tertiary/aromatic N) is 1. The quantitative estimate of drug-likeness (QED) is 0.822. The maximum atomic E-state index is 10.4. The lowest BCUT2D eigenvalue weighted by Gasteiger charge is -2.24. The van der Waals surface area contributed by atoms with Crippen molar-refractivity contribution >= 4 is 10.8 Å². The number of rotatable bonds is 3. The van der Waals surface area contributed by atoms with Crippen LogP contribution in [0.15, 0.2) is 36.7 Å². The van der Waals surface area contributed by atoms with Gasteiger partial charge in [0.25, 0.3) is 0 Å². The summed E-state index contributed by atoms with van der Waals surface area (Å²) in [5, 5.41) is 12.4. The van der Waals surface area contributed by atoms with Gasteiger partial charge in [-0.2, -0.15) is 0 Å². The molecule has 0 amide bonds. The van der Waals surface area contributed by atoms with Crippen LogP contribution in [0.1, 0.15) is 18.9 Å². The molecule has 3 heteroatoms. The summed E-state index contributed by atoms with van der Waals surface area (Å²) in [5.41, 5.74) is 5.45. The van der Waals surface area contributed by atoms with E-state index in [1.54, 1.807) is 19.3 Å². The normalized spacial score (nSPS) is 14.9. The molecule has 0 spiro atoms. The highest BCUT2D eigenvalue weighted by Crippen LogP contribution is 2.29. The van der Waals surface area contributed by atoms with Crippen molar-refractivity contribution in [1.29, 1.82) is 0 Å². The number of fused-ring (bicyclic) bond motifs is 1. The summed E-state index contributed by atoms with van der Waals surface area (Å²) in [6, 6.07) is 7.91. The van der Waals surface area contributed by atoms with Crippen LogP contribution in [0.3, 0.4) is 0 Å². The minimum absolute atomic E-state index is 0.455. The summed E-state index contributed by atoms with van der Waals surface area (Å²) >= 11 is 0. The lowest BCUT2D eigenvalue weighted by Crippen LogP contribution is -2.25. The van der Waals surface area contributed by atoms with Crippen LogP contribution >= 0.6 is 0 Å². The van der Waals surface area contributed by atoms with Gasteiger partial charge < -0.3 is 10.8 Å². The molecule has 0 saturated heterocycles. The molecule has 0 bridgehead atoms. The van der Waals surface area contributed by atoms with Crippen molar-refractivity contribution in [1.82, 2.24) is 4.98 Å². The number of hydrogen-bond donors (Lipinski definition) is 2. The molecule has 1 aromatic heterocycles. The van der Waals surface area contributed by atoms with Crippen molar-refractivity contribution in [3.8, 4) is 0 Å². The zero-order valence-electron chi connectivity index (χ0n) is 9.35. The molecule has 3 nitrogen and oxygen atoms in total. The molecule has 2 rings (SSSR count). The number of benzene rings is 1. The second kappa shape index (κ2) is 4.20. The fourth-order valence-corrected chi connectivity index (χ4v) is 1.96. The Hall–Kier alpha value is -1.45. The Balaban J connectivity index is 2.60. The van der Waals surface area contributed by atoms with E-state index in [4.69, 9.17) is 5.73 Å². The number of aromatic nitrogens is 1. The van der Waals surface area contributed by atoms with Crippen LogP contribution in [0.5, 0.6) is 0 Å². The minimum Gasteiger partial charge on any atom is -0.385 e. The average Bonchev–Trinajstić information content (AvgIpc) is 2.28. The van der Waals surface area contributed by atoms with Crippen molar-refractivity contribution < 1.29 is 5.11 Å². The van der Waals surface area contributed by atoms with Gasteiger partial charge in [-0.3, -0.25) is 4.98 Å². The topological polar surface area (TPSA) is 59.1 Å². The van der Waals surface area contributed by atoms with Gasteiger partial charge in [0.05, 0.1) is 5.60 Å². The molecule has 1 aromatic carbocycles. The molecule has 3 N–H and O–H groups in total. The first-order valence-electron chi connectivity index (χ1n) is 5.41. The molecule has 1 unspecified atom stereocenters. The van der Waals surface area contributed by atoms with Crippen molar-refractivity contribution in [2.45, 2.75) is 18.9 Å². The SMILES string of the molecule is CC(O)(CCN)c1cncc2ccccc12. The Morgan fingerprint density at radius 3 is 2.81 bits per heavy atom. The predicted molar refractivity (Wildman–Crippen MR) is 65.0 cm³/mol. The molecule has 0 radical (unpaired) electrons. The van der Waals surface area contributed by atoms with Gasteiger partial charge in [-0.05, 0) is 25.3 Å². The largest absolute Gasteiger partial charge is 0.385 e. The zero-order chi connectivity index (χ0) is 11.6. The van der Waals surface area contributed by atoms with E-state index in [1.165, 1.54) is 0 Å². The highest BCUT2D eigenvalue weighted by Gasteiger charge is 2.24. The van der Waals surface area contributed by atoms with Crippen molar-refractivity contribution in [2.75, 3.05) is 6.54 Å². The molecular formula is C13H16N2O. The van der Waals surface area contributed by atoms with Crippen LogP contribution in [0, 0.1) is 0 Å². The Kier molecular flexibility index (Phi) is 2.90. The van der Waals surface area contributed by atoms with Gasteiger partial charge in [-0.15, -0.1) is 0 Å². The average molecular weight is 216 g/mol. The van der Waals surface area contributed by atoms with E-state index in [2.05, 4.69) is 4.98 Å². The van der Waals surface area contributed by atoms with Crippen LogP contribution in [0.4, 0.5) is 0 Å². The zero-order valence-corrected chi connectivity index (χ0v) is 9.35. The summed E-state index contributed by atoms with van der Waals surface area (Å²) in [4.78, 5) is 4.16. The third kappa shape index (κ3) is 1.92. The van der Waals surface area contributed by atoms with Crippen LogP contribution in [-0.4, -0.2) is 16.6 Å². The number of hydrogen-bond acceptors (Lipinski definition) is 3. The number of nitrogens with two attached hydrogens (primary N) is 1. The standard InChI is InChI=1S/C13H16N2O/c1-13(16,6-7-14)12-9-15-8-10-4-2-3-5-11(10)12/h2-5,8-9,16H,6-7,14H2,1H3. The second-order valence-electron chi connectivity index (χ2n) is 4.22. The second-order valence-corrected chi connectivity index (χ2v) is 4.22. The lowest BCUT2D eigenvalue weighted by molar-refractivity contribution is 0.0516. The van der Waals surface area contributed by atoms with E-state index in [0.717, 1.165) is 16.3 Å². The van der Waals surface area contributed by atoms with E-state index >= 15 is 0 Å². The lowest BCUT2D eigenvalue weighted by atomic mass is 9.90. The van der Waals surface area contributed by atoms with E-state index in [0.29, 0.717) is 13.0 Å². The van der Waals surface area contributed by atoms with Gasteiger partial charge in [-0.25, -0.2) is 0 Å².